The number of benzene rings is 1. The van der Waals surface area contributed by atoms with Crippen LogP contribution in [-0.4, -0.2) is 41.7 Å². The highest BCUT2D eigenvalue weighted by molar-refractivity contribution is 5.99. The van der Waals surface area contributed by atoms with Crippen molar-refractivity contribution in [3.8, 4) is 0 Å². The molecule has 1 fully saturated rings. The number of amides is 1. The summed E-state index contributed by atoms with van der Waals surface area (Å²) in [7, 11) is 0. The Morgan fingerprint density at radius 3 is 3.00 bits per heavy atom. The Morgan fingerprint density at radius 2 is 2.28 bits per heavy atom. The first-order valence-corrected chi connectivity index (χ1v) is 6.52. The molecular formula is C14H20N2O2. The van der Waals surface area contributed by atoms with E-state index in [1.54, 1.807) is 4.90 Å². The number of hydrogen-bond donors (Lipinski definition) is 2. The number of nitrogens with one attached hydrogen (secondary N) is 1. The molecule has 18 heavy (non-hydrogen) atoms. The van der Waals surface area contributed by atoms with E-state index in [-0.39, 0.29) is 12.0 Å². The fraction of sp³-hybridized carbons (Fsp3) is 0.500. The molecule has 1 aromatic carbocycles. The third kappa shape index (κ3) is 2.82. The number of nitrogens with zero attached hydrogens (tertiary/aromatic N) is 1. The number of rotatable bonds is 3. The molecule has 0 aliphatic carbocycles. The molecule has 2 N–H and O–H groups in total. The lowest BCUT2D eigenvalue weighted by molar-refractivity contribution is 0.0474. The highest BCUT2D eigenvalue weighted by Crippen LogP contribution is 2.19. The second-order valence-corrected chi connectivity index (χ2v) is 4.62. The Bertz CT molecular complexity index is 420. The van der Waals surface area contributed by atoms with Crippen LogP contribution in [-0.2, 0) is 0 Å². The van der Waals surface area contributed by atoms with Crippen LogP contribution < -0.4 is 5.32 Å². The van der Waals surface area contributed by atoms with Crippen molar-refractivity contribution in [1.29, 1.82) is 0 Å². The van der Waals surface area contributed by atoms with Gasteiger partial charge in [-0.3, -0.25) is 4.79 Å². The van der Waals surface area contributed by atoms with Crippen molar-refractivity contribution in [3.63, 3.8) is 0 Å². The van der Waals surface area contributed by atoms with Gasteiger partial charge < -0.3 is 15.3 Å². The zero-order chi connectivity index (χ0) is 13.0. The Kier molecular flexibility index (Phi) is 4.20. The van der Waals surface area contributed by atoms with E-state index in [9.17, 15) is 9.90 Å². The predicted octanol–water partition coefficient (Wildman–Crippen LogP) is 1.72. The van der Waals surface area contributed by atoms with Crippen LogP contribution in [0.5, 0.6) is 0 Å². The molecule has 1 aliphatic heterocycles. The number of aliphatic hydroxyl groups excluding tert-OH is 1. The van der Waals surface area contributed by atoms with E-state index >= 15 is 0 Å². The van der Waals surface area contributed by atoms with Gasteiger partial charge in [-0.2, -0.15) is 0 Å². The lowest BCUT2D eigenvalue weighted by Crippen LogP contribution is -2.42. The van der Waals surface area contributed by atoms with Gasteiger partial charge in [0.25, 0.3) is 5.91 Å². The molecule has 2 rings (SSSR count). The lowest BCUT2D eigenvalue weighted by Gasteiger charge is -2.30. The van der Waals surface area contributed by atoms with Gasteiger partial charge in [0.05, 0.1) is 11.7 Å². The Labute approximate surface area is 108 Å². The van der Waals surface area contributed by atoms with Gasteiger partial charge in [0.15, 0.2) is 0 Å². The highest BCUT2D eigenvalue weighted by atomic mass is 16.3. The summed E-state index contributed by atoms with van der Waals surface area (Å²) in [5.41, 5.74) is 1.55. The first-order valence-electron chi connectivity index (χ1n) is 6.52. The first kappa shape index (κ1) is 12.9. The summed E-state index contributed by atoms with van der Waals surface area (Å²) >= 11 is 0. The molecule has 0 radical (unpaired) electrons. The maximum atomic E-state index is 12.4. The summed E-state index contributed by atoms with van der Waals surface area (Å²) in [5, 5.41) is 12.8. The maximum absolute atomic E-state index is 12.4. The summed E-state index contributed by atoms with van der Waals surface area (Å²) in [4.78, 5) is 14.2. The van der Waals surface area contributed by atoms with Gasteiger partial charge in [0, 0.05) is 25.3 Å². The van der Waals surface area contributed by atoms with Gasteiger partial charge in [-0.25, -0.2) is 0 Å². The van der Waals surface area contributed by atoms with E-state index in [0.29, 0.717) is 12.1 Å². The van der Waals surface area contributed by atoms with E-state index in [4.69, 9.17) is 0 Å². The number of piperidine rings is 1. The van der Waals surface area contributed by atoms with Crippen LogP contribution in [0.3, 0.4) is 0 Å². The molecule has 0 unspecified atom stereocenters. The zero-order valence-corrected chi connectivity index (χ0v) is 10.7. The fourth-order valence-electron chi connectivity index (χ4n) is 2.32. The quantitative estimate of drug-likeness (QED) is 0.856. The smallest absolute Gasteiger partial charge is 0.256 e. The van der Waals surface area contributed by atoms with Crippen LogP contribution in [0.2, 0.25) is 0 Å². The molecule has 4 heteroatoms. The number of β-amino-alcohol motifs (C(OH)–C–C–N with tert-alkyl or cyclic N) is 1. The van der Waals surface area contributed by atoms with E-state index in [1.165, 1.54) is 0 Å². The SMILES string of the molecule is CCNc1ccccc1C(=O)N1CCC[C@H](O)C1. The minimum Gasteiger partial charge on any atom is -0.391 e. The molecule has 98 valence electrons. The van der Waals surface area contributed by atoms with E-state index in [1.807, 2.05) is 31.2 Å². The number of carbonyl (C=O) groups is 1. The minimum atomic E-state index is -0.381. The van der Waals surface area contributed by atoms with Gasteiger partial charge in [-0.15, -0.1) is 0 Å². The topological polar surface area (TPSA) is 52.6 Å². The summed E-state index contributed by atoms with van der Waals surface area (Å²) in [6.07, 6.45) is 1.28. The molecule has 1 heterocycles. The summed E-state index contributed by atoms with van der Waals surface area (Å²) in [6, 6.07) is 7.53. The number of para-hydroxylation sites is 1. The predicted molar refractivity (Wildman–Crippen MR) is 71.8 cm³/mol. The Hall–Kier alpha value is -1.55. The van der Waals surface area contributed by atoms with Crippen LogP contribution in [0.25, 0.3) is 0 Å². The Morgan fingerprint density at radius 1 is 1.50 bits per heavy atom. The van der Waals surface area contributed by atoms with Gasteiger partial charge in [0.2, 0.25) is 0 Å². The van der Waals surface area contributed by atoms with Crippen LogP contribution in [0.1, 0.15) is 30.1 Å². The second kappa shape index (κ2) is 5.87. The van der Waals surface area contributed by atoms with Gasteiger partial charge >= 0.3 is 0 Å². The molecule has 1 atom stereocenters. The summed E-state index contributed by atoms with van der Waals surface area (Å²) < 4.78 is 0. The number of aliphatic hydroxyl groups is 1. The molecule has 4 nitrogen and oxygen atoms in total. The molecule has 0 aromatic heterocycles. The normalized spacial score (nSPS) is 19.7. The number of hydrogen-bond acceptors (Lipinski definition) is 3. The maximum Gasteiger partial charge on any atom is 0.256 e. The van der Waals surface area contributed by atoms with Crippen molar-refractivity contribution in [3.05, 3.63) is 29.8 Å². The number of likely N-dealkylation sites (tertiary alicyclic amines) is 1. The Balaban J connectivity index is 2.17. The molecular weight excluding hydrogens is 228 g/mol. The van der Waals surface area contributed by atoms with Crippen molar-refractivity contribution >= 4 is 11.6 Å². The van der Waals surface area contributed by atoms with Crippen molar-refractivity contribution in [1.82, 2.24) is 4.90 Å². The molecule has 1 aromatic rings. The van der Waals surface area contributed by atoms with Crippen LogP contribution in [0.4, 0.5) is 5.69 Å². The first-order chi connectivity index (χ1) is 8.72. The van der Waals surface area contributed by atoms with Crippen LogP contribution in [0.15, 0.2) is 24.3 Å². The average molecular weight is 248 g/mol. The second-order valence-electron chi connectivity index (χ2n) is 4.62. The molecule has 1 amide bonds. The monoisotopic (exact) mass is 248 g/mol. The highest BCUT2D eigenvalue weighted by Gasteiger charge is 2.24. The summed E-state index contributed by atoms with van der Waals surface area (Å²) in [5.74, 6) is 0.00491. The molecule has 0 spiro atoms. The molecule has 0 saturated carbocycles. The van der Waals surface area contributed by atoms with Crippen LogP contribution in [0, 0.1) is 0 Å². The van der Waals surface area contributed by atoms with E-state index in [0.717, 1.165) is 31.6 Å². The van der Waals surface area contributed by atoms with Crippen molar-refractivity contribution < 1.29 is 9.90 Å². The minimum absolute atomic E-state index is 0.00491. The average Bonchev–Trinajstić information content (AvgIpc) is 2.39. The molecule has 1 aliphatic rings. The van der Waals surface area contributed by atoms with Gasteiger partial charge in [0.1, 0.15) is 0 Å². The van der Waals surface area contributed by atoms with Crippen molar-refractivity contribution in [2.45, 2.75) is 25.9 Å². The van der Waals surface area contributed by atoms with E-state index in [2.05, 4.69) is 5.32 Å². The van der Waals surface area contributed by atoms with E-state index < -0.39 is 0 Å². The van der Waals surface area contributed by atoms with Crippen molar-refractivity contribution in [2.75, 3.05) is 25.0 Å². The third-order valence-corrected chi connectivity index (χ3v) is 3.21. The fourth-order valence-corrected chi connectivity index (χ4v) is 2.32. The molecule has 1 saturated heterocycles. The van der Waals surface area contributed by atoms with Gasteiger partial charge in [-0.1, -0.05) is 12.1 Å². The number of anilines is 1. The standard InChI is InChI=1S/C14H20N2O2/c1-2-15-13-8-4-3-7-12(13)14(18)16-9-5-6-11(17)10-16/h3-4,7-8,11,15,17H,2,5-6,9-10H2,1H3/t11-/m0/s1. The van der Waals surface area contributed by atoms with Gasteiger partial charge in [-0.05, 0) is 31.9 Å². The van der Waals surface area contributed by atoms with Crippen molar-refractivity contribution in [2.24, 2.45) is 0 Å². The lowest BCUT2D eigenvalue weighted by atomic mass is 10.1. The van der Waals surface area contributed by atoms with Crippen LogP contribution >= 0.6 is 0 Å². The number of carbonyl (C=O) groups excluding carboxylic acids is 1. The largest absolute Gasteiger partial charge is 0.391 e. The third-order valence-electron chi connectivity index (χ3n) is 3.21. The molecule has 0 bridgehead atoms. The summed E-state index contributed by atoms with van der Waals surface area (Å²) in [6.45, 7) is 3.97. The zero-order valence-electron chi connectivity index (χ0n) is 10.7.